The third-order valence-corrected chi connectivity index (χ3v) is 3.97. The minimum absolute atomic E-state index is 0.260. The molecular weight excluding hydrogens is 398 g/mol. The first kappa shape index (κ1) is 17.9. The number of carbonyl (C=O) groups excluding carboxylic acids is 1. The topological polar surface area (TPSA) is 73.3 Å². The van der Waals surface area contributed by atoms with E-state index in [9.17, 15) is 4.79 Å². The maximum Gasteiger partial charge on any atom is 0.257 e. The predicted molar refractivity (Wildman–Crippen MR) is 101 cm³/mol. The van der Waals surface area contributed by atoms with Crippen molar-refractivity contribution < 1.29 is 14.3 Å². The lowest BCUT2D eigenvalue weighted by Gasteiger charge is -2.13. The fourth-order valence-electron chi connectivity index (χ4n) is 2.25. The summed E-state index contributed by atoms with van der Waals surface area (Å²) in [6.45, 7) is 0.367. The zero-order valence-corrected chi connectivity index (χ0v) is 15.6. The van der Waals surface area contributed by atoms with Crippen LogP contribution in [-0.4, -0.2) is 23.0 Å². The minimum atomic E-state index is -0.260. The fourth-order valence-corrected chi connectivity index (χ4v) is 2.61. The number of nitrogens with zero attached hydrogens (tertiary/aromatic N) is 2. The number of anilines is 1. The highest BCUT2D eigenvalue weighted by atomic mass is 79.9. The number of aromatic nitrogens is 2. The van der Waals surface area contributed by atoms with Gasteiger partial charge in [-0.25, -0.2) is 0 Å². The molecule has 1 amide bonds. The number of halogens is 1. The zero-order chi connectivity index (χ0) is 18.4. The van der Waals surface area contributed by atoms with E-state index in [1.807, 2.05) is 12.1 Å². The van der Waals surface area contributed by atoms with Gasteiger partial charge in [0.05, 0.1) is 12.7 Å². The van der Waals surface area contributed by atoms with Crippen molar-refractivity contribution >= 4 is 27.5 Å². The summed E-state index contributed by atoms with van der Waals surface area (Å²) in [6.07, 6.45) is 6.54. The summed E-state index contributed by atoms with van der Waals surface area (Å²) in [5, 5.41) is 2.83. The monoisotopic (exact) mass is 413 g/mol. The van der Waals surface area contributed by atoms with E-state index in [2.05, 4.69) is 31.2 Å². The van der Waals surface area contributed by atoms with Gasteiger partial charge in [-0.05, 0) is 51.8 Å². The van der Waals surface area contributed by atoms with Gasteiger partial charge in [0.15, 0.2) is 11.5 Å². The zero-order valence-electron chi connectivity index (χ0n) is 14.0. The predicted octanol–water partition coefficient (Wildman–Crippen LogP) is 4.08. The van der Waals surface area contributed by atoms with Gasteiger partial charge in [-0.3, -0.25) is 14.8 Å². The van der Waals surface area contributed by atoms with E-state index in [-0.39, 0.29) is 5.91 Å². The van der Waals surface area contributed by atoms with Gasteiger partial charge in [0.25, 0.3) is 5.91 Å². The second kappa shape index (κ2) is 8.44. The average Bonchev–Trinajstić information content (AvgIpc) is 2.67. The molecule has 0 fully saturated rings. The van der Waals surface area contributed by atoms with Crippen LogP contribution in [0.5, 0.6) is 11.5 Å². The SMILES string of the molecule is COc1ccc(NC(=O)c2cncc(Br)c2)cc1OCc1ccncc1. The van der Waals surface area contributed by atoms with E-state index < -0.39 is 0 Å². The number of methoxy groups -OCH3 is 1. The number of ether oxygens (including phenoxy) is 2. The Morgan fingerprint density at radius 3 is 2.62 bits per heavy atom. The average molecular weight is 414 g/mol. The molecule has 0 bridgehead atoms. The lowest BCUT2D eigenvalue weighted by Crippen LogP contribution is -2.12. The van der Waals surface area contributed by atoms with Crippen LogP contribution in [0, 0.1) is 0 Å². The van der Waals surface area contributed by atoms with Crippen LogP contribution in [0.25, 0.3) is 0 Å². The summed E-state index contributed by atoms with van der Waals surface area (Å²) < 4.78 is 11.9. The highest BCUT2D eigenvalue weighted by Crippen LogP contribution is 2.31. The molecular formula is C19H16BrN3O3. The van der Waals surface area contributed by atoms with E-state index in [1.165, 1.54) is 6.20 Å². The van der Waals surface area contributed by atoms with Crippen LogP contribution in [0.2, 0.25) is 0 Å². The Bertz CT molecular complexity index is 904. The Hall–Kier alpha value is -2.93. The molecule has 3 rings (SSSR count). The molecule has 2 heterocycles. The lowest BCUT2D eigenvalue weighted by molar-refractivity contribution is 0.102. The summed E-state index contributed by atoms with van der Waals surface area (Å²) in [7, 11) is 1.57. The number of nitrogens with one attached hydrogen (secondary N) is 1. The molecule has 2 aromatic heterocycles. The van der Waals surface area contributed by atoms with Gasteiger partial charge in [-0.1, -0.05) is 0 Å². The minimum Gasteiger partial charge on any atom is -0.493 e. The van der Waals surface area contributed by atoms with E-state index in [4.69, 9.17) is 9.47 Å². The molecule has 0 radical (unpaired) electrons. The number of hydrogen-bond donors (Lipinski definition) is 1. The molecule has 1 aromatic carbocycles. The summed E-state index contributed by atoms with van der Waals surface area (Å²) >= 11 is 3.31. The number of rotatable bonds is 6. The Balaban J connectivity index is 1.75. The van der Waals surface area contributed by atoms with Crippen molar-refractivity contribution in [2.75, 3.05) is 12.4 Å². The van der Waals surface area contributed by atoms with E-state index in [0.29, 0.717) is 29.4 Å². The number of amides is 1. The van der Waals surface area contributed by atoms with Crippen LogP contribution in [0.15, 0.2) is 65.7 Å². The van der Waals surface area contributed by atoms with Gasteiger partial charge in [-0.15, -0.1) is 0 Å². The van der Waals surface area contributed by atoms with Crippen LogP contribution in [0.1, 0.15) is 15.9 Å². The van der Waals surface area contributed by atoms with Crippen molar-refractivity contribution in [3.8, 4) is 11.5 Å². The molecule has 0 aliphatic heterocycles. The van der Waals surface area contributed by atoms with E-state index in [0.717, 1.165) is 10.0 Å². The summed E-state index contributed by atoms with van der Waals surface area (Å²) in [6, 6.07) is 10.7. The summed E-state index contributed by atoms with van der Waals surface area (Å²) in [5.41, 5.74) is 2.03. The standard InChI is InChI=1S/C19H16BrN3O3/c1-25-17-3-2-16(23-19(24)14-8-15(20)11-22-10-14)9-18(17)26-12-13-4-6-21-7-5-13/h2-11H,12H2,1H3,(H,23,24). The molecule has 0 aliphatic carbocycles. The van der Waals surface area contributed by atoms with E-state index in [1.54, 1.807) is 50.0 Å². The van der Waals surface area contributed by atoms with Crippen LogP contribution in [0.3, 0.4) is 0 Å². The third-order valence-electron chi connectivity index (χ3n) is 3.53. The Morgan fingerprint density at radius 1 is 1.08 bits per heavy atom. The molecule has 0 saturated carbocycles. The maximum absolute atomic E-state index is 12.4. The number of pyridine rings is 2. The quantitative estimate of drug-likeness (QED) is 0.658. The van der Waals surface area contributed by atoms with Crippen LogP contribution >= 0.6 is 15.9 Å². The van der Waals surface area contributed by atoms with Crippen molar-refractivity contribution in [1.29, 1.82) is 0 Å². The van der Waals surface area contributed by atoms with Crippen LogP contribution < -0.4 is 14.8 Å². The second-order valence-electron chi connectivity index (χ2n) is 5.36. The van der Waals surface area contributed by atoms with Crippen molar-refractivity contribution in [2.24, 2.45) is 0 Å². The van der Waals surface area contributed by atoms with Crippen LogP contribution in [-0.2, 0) is 6.61 Å². The first-order chi connectivity index (χ1) is 12.7. The van der Waals surface area contributed by atoms with Gasteiger partial charge in [0.1, 0.15) is 6.61 Å². The van der Waals surface area contributed by atoms with Gasteiger partial charge in [-0.2, -0.15) is 0 Å². The molecule has 3 aromatic rings. The first-order valence-corrected chi connectivity index (χ1v) is 8.56. The molecule has 7 heteroatoms. The third kappa shape index (κ3) is 4.58. The Kier molecular flexibility index (Phi) is 5.80. The lowest BCUT2D eigenvalue weighted by atomic mass is 10.2. The molecule has 6 nitrogen and oxygen atoms in total. The van der Waals surface area contributed by atoms with Gasteiger partial charge >= 0.3 is 0 Å². The molecule has 26 heavy (non-hydrogen) atoms. The van der Waals surface area contributed by atoms with Gasteiger partial charge < -0.3 is 14.8 Å². The fraction of sp³-hybridized carbons (Fsp3) is 0.105. The molecule has 0 spiro atoms. The highest BCUT2D eigenvalue weighted by molar-refractivity contribution is 9.10. The van der Waals surface area contributed by atoms with Crippen molar-refractivity contribution in [1.82, 2.24) is 9.97 Å². The molecule has 0 atom stereocenters. The maximum atomic E-state index is 12.4. The van der Waals surface area contributed by atoms with Crippen LogP contribution in [0.4, 0.5) is 5.69 Å². The first-order valence-electron chi connectivity index (χ1n) is 7.77. The Labute approximate surface area is 159 Å². The molecule has 0 aliphatic rings. The molecule has 0 saturated heterocycles. The normalized spacial score (nSPS) is 10.2. The number of carbonyl (C=O) groups is 1. The highest BCUT2D eigenvalue weighted by Gasteiger charge is 2.11. The Morgan fingerprint density at radius 2 is 1.88 bits per heavy atom. The molecule has 0 unspecified atom stereocenters. The molecule has 1 N–H and O–H groups in total. The smallest absolute Gasteiger partial charge is 0.257 e. The largest absolute Gasteiger partial charge is 0.493 e. The number of benzene rings is 1. The van der Waals surface area contributed by atoms with E-state index >= 15 is 0 Å². The van der Waals surface area contributed by atoms with Gasteiger partial charge in [0, 0.05) is 41.0 Å². The number of hydrogen-bond acceptors (Lipinski definition) is 5. The molecule has 132 valence electrons. The van der Waals surface area contributed by atoms with Gasteiger partial charge in [0.2, 0.25) is 0 Å². The van der Waals surface area contributed by atoms with Crippen molar-refractivity contribution in [3.05, 3.63) is 76.8 Å². The van der Waals surface area contributed by atoms with Crippen molar-refractivity contribution in [2.45, 2.75) is 6.61 Å². The summed E-state index contributed by atoms with van der Waals surface area (Å²) in [4.78, 5) is 20.3. The second-order valence-corrected chi connectivity index (χ2v) is 6.27. The summed E-state index contributed by atoms with van der Waals surface area (Å²) in [5.74, 6) is 0.861. The van der Waals surface area contributed by atoms with Crippen molar-refractivity contribution in [3.63, 3.8) is 0 Å².